The molecule has 7 heteroatoms. The summed E-state index contributed by atoms with van der Waals surface area (Å²) in [4.78, 5) is 27.5. The van der Waals surface area contributed by atoms with Gasteiger partial charge in [-0.3, -0.25) is 4.79 Å². The average Bonchev–Trinajstić information content (AvgIpc) is 2.90. The van der Waals surface area contributed by atoms with Gasteiger partial charge in [-0.1, -0.05) is 48.5 Å². The molecule has 4 rings (SSSR count). The second-order valence-electron chi connectivity index (χ2n) is 8.56. The minimum Gasteiger partial charge on any atom is -0.496 e. The third-order valence-electron chi connectivity index (χ3n) is 6.22. The molecule has 0 aliphatic carbocycles. The molecule has 0 bridgehead atoms. The molecule has 0 saturated carbocycles. The van der Waals surface area contributed by atoms with E-state index >= 15 is 0 Å². The number of benzene rings is 3. The van der Waals surface area contributed by atoms with Crippen LogP contribution in [0, 0.1) is 0 Å². The molecule has 35 heavy (non-hydrogen) atoms. The Kier molecular flexibility index (Phi) is 8.22. The number of amides is 3. The number of nitrogens with one attached hydrogen (secondary N) is 3. The van der Waals surface area contributed by atoms with Crippen LogP contribution in [-0.2, 0) is 6.42 Å². The highest BCUT2D eigenvalue weighted by Crippen LogP contribution is 2.25. The standard InChI is InChI=1S/C28H32N4O3/c1-35-26-14-8-5-9-21(26)15-18-29-27(33)24-12-6-7-13-25(24)32-19-16-23(17-20-32)31-28(34)30-22-10-3-2-4-11-22/h2-14,23H,15-20H2,1H3,(H,29,33)(H2,30,31,34). The molecule has 3 aromatic rings. The maximum Gasteiger partial charge on any atom is 0.319 e. The fourth-order valence-electron chi connectivity index (χ4n) is 4.40. The predicted octanol–water partition coefficient (Wildman–Crippen LogP) is 4.46. The van der Waals surface area contributed by atoms with Gasteiger partial charge in [0.1, 0.15) is 5.75 Å². The summed E-state index contributed by atoms with van der Waals surface area (Å²) >= 11 is 0. The molecule has 1 aliphatic heterocycles. The van der Waals surface area contributed by atoms with Crippen LogP contribution in [0.25, 0.3) is 0 Å². The number of hydrogen-bond acceptors (Lipinski definition) is 4. The van der Waals surface area contributed by atoms with Gasteiger partial charge in [0.05, 0.1) is 12.7 Å². The van der Waals surface area contributed by atoms with Gasteiger partial charge in [-0.25, -0.2) is 4.79 Å². The van der Waals surface area contributed by atoms with Gasteiger partial charge >= 0.3 is 6.03 Å². The first kappa shape index (κ1) is 24.1. The Bertz CT molecular complexity index is 1130. The van der Waals surface area contributed by atoms with Crippen LogP contribution in [0.5, 0.6) is 5.75 Å². The van der Waals surface area contributed by atoms with E-state index in [1.54, 1.807) is 7.11 Å². The highest BCUT2D eigenvalue weighted by molar-refractivity contribution is 5.99. The molecule has 182 valence electrons. The maximum absolute atomic E-state index is 13.0. The van der Waals surface area contributed by atoms with Gasteiger partial charge in [0.15, 0.2) is 0 Å². The summed E-state index contributed by atoms with van der Waals surface area (Å²) in [6.45, 7) is 2.06. The third-order valence-corrected chi connectivity index (χ3v) is 6.22. The lowest BCUT2D eigenvalue weighted by molar-refractivity contribution is 0.0954. The number of anilines is 2. The molecular weight excluding hydrogens is 440 g/mol. The second-order valence-corrected chi connectivity index (χ2v) is 8.56. The highest BCUT2D eigenvalue weighted by Gasteiger charge is 2.23. The van der Waals surface area contributed by atoms with Crippen LogP contribution < -0.4 is 25.6 Å². The van der Waals surface area contributed by atoms with Crippen molar-refractivity contribution in [3.8, 4) is 5.75 Å². The Morgan fingerprint density at radius 2 is 1.60 bits per heavy atom. The lowest BCUT2D eigenvalue weighted by Gasteiger charge is -2.34. The van der Waals surface area contributed by atoms with E-state index in [2.05, 4.69) is 20.9 Å². The number of rotatable bonds is 8. The van der Waals surface area contributed by atoms with Gasteiger partial charge < -0.3 is 25.6 Å². The number of methoxy groups -OCH3 is 1. The SMILES string of the molecule is COc1ccccc1CCNC(=O)c1ccccc1N1CCC(NC(=O)Nc2ccccc2)CC1. The molecule has 1 fully saturated rings. The average molecular weight is 473 g/mol. The molecule has 0 aromatic heterocycles. The van der Waals surface area contributed by atoms with E-state index in [-0.39, 0.29) is 18.0 Å². The number of nitrogens with zero attached hydrogens (tertiary/aromatic N) is 1. The number of piperidine rings is 1. The number of hydrogen-bond donors (Lipinski definition) is 3. The zero-order valence-electron chi connectivity index (χ0n) is 20.0. The summed E-state index contributed by atoms with van der Waals surface area (Å²) < 4.78 is 5.40. The van der Waals surface area contributed by atoms with E-state index in [1.165, 1.54) is 0 Å². The maximum atomic E-state index is 13.0. The van der Waals surface area contributed by atoms with Gasteiger partial charge in [0.2, 0.25) is 0 Å². The van der Waals surface area contributed by atoms with Crippen molar-refractivity contribution in [2.24, 2.45) is 0 Å². The van der Waals surface area contributed by atoms with E-state index in [1.807, 2.05) is 78.9 Å². The fraction of sp³-hybridized carbons (Fsp3) is 0.286. The van der Waals surface area contributed by atoms with Crippen LogP contribution in [0.1, 0.15) is 28.8 Å². The first-order chi connectivity index (χ1) is 17.1. The molecule has 1 aliphatic rings. The van der Waals surface area contributed by atoms with Gasteiger partial charge in [0.25, 0.3) is 5.91 Å². The highest BCUT2D eigenvalue weighted by atomic mass is 16.5. The van der Waals surface area contributed by atoms with Crippen molar-refractivity contribution in [1.29, 1.82) is 0 Å². The van der Waals surface area contributed by atoms with Crippen molar-refractivity contribution in [1.82, 2.24) is 10.6 Å². The summed E-state index contributed by atoms with van der Waals surface area (Å²) in [5.74, 6) is 0.745. The molecule has 1 saturated heterocycles. The Hall–Kier alpha value is -4.00. The van der Waals surface area contributed by atoms with Crippen molar-refractivity contribution in [3.05, 3.63) is 90.0 Å². The van der Waals surface area contributed by atoms with Crippen molar-refractivity contribution < 1.29 is 14.3 Å². The van der Waals surface area contributed by atoms with E-state index in [0.717, 1.165) is 48.6 Å². The quantitative estimate of drug-likeness (QED) is 0.452. The minimum absolute atomic E-state index is 0.0852. The summed E-state index contributed by atoms with van der Waals surface area (Å²) in [5.41, 5.74) is 3.43. The lowest BCUT2D eigenvalue weighted by atomic mass is 10.0. The molecular formula is C28H32N4O3. The Morgan fingerprint density at radius 3 is 2.37 bits per heavy atom. The number of ether oxygens (including phenoxy) is 1. The zero-order chi connectivity index (χ0) is 24.5. The normalized spacial score (nSPS) is 13.7. The van der Waals surface area contributed by atoms with Crippen LogP contribution in [0.3, 0.4) is 0 Å². The summed E-state index contributed by atoms with van der Waals surface area (Å²) in [6.07, 6.45) is 2.32. The van der Waals surface area contributed by atoms with Crippen molar-refractivity contribution in [2.75, 3.05) is 37.0 Å². The van der Waals surface area contributed by atoms with Crippen molar-refractivity contribution in [3.63, 3.8) is 0 Å². The largest absolute Gasteiger partial charge is 0.496 e. The Labute approximate surface area is 206 Å². The first-order valence-electron chi connectivity index (χ1n) is 12.0. The van der Waals surface area contributed by atoms with Crippen LogP contribution in [0.4, 0.5) is 16.2 Å². The molecule has 3 N–H and O–H groups in total. The molecule has 1 heterocycles. The molecule has 0 spiro atoms. The van der Waals surface area contributed by atoms with Crippen LogP contribution in [-0.4, -0.2) is 44.7 Å². The Morgan fingerprint density at radius 1 is 0.914 bits per heavy atom. The molecule has 3 aromatic carbocycles. The molecule has 0 atom stereocenters. The van der Waals surface area contributed by atoms with Gasteiger partial charge in [0, 0.05) is 37.1 Å². The molecule has 7 nitrogen and oxygen atoms in total. The first-order valence-corrected chi connectivity index (χ1v) is 12.0. The van der Waals surface area contributed by atoms with Crippen molar-refractivity contribution in [2.45, 2.75) is 25.3 Å². The molecule has 3 amide bonds. The van der Waals surface area contributed by atoms with Gasteiger partial charge in [-0.15, -0.1) is 0 Å². The fourth-order valence-corrected chi connectivity index (χ4v) is 4.40. The van der Waals surface area contributed by atoms with E-state index in [0.29, 0.717) is 18.5 Å². The monoisotopic (exact) mass is 472 g/mol. The number of carbonyl (C=O) groups excluding carboxylic acids is 2. The third kappa shape index (κ3) is 6.53. The van der Waals surface area contributed by atoms with Crippen molar-refractivity contribution >= 4 is 23.3 Å². The summed E-state index contributed by atoms with van der Waals surface area (Å²) in [6, 6.07) is 24.9. The summed E-state index contributed by atoms with van der Waals surface area (Å²) in [5, 5.41) is 8.98. The van der Waals surface area contributed by atoms with E-state index in [4.69, 9.17) is 4.74 Å². The number of carbonyl (C=O) groups is 2. The minimum atomic E-state index is -0.190. The lowest BCUT2D eigenvalue weighted by Crippen LogP contribution is -2.46. The van der Waals surface area contributed by atoms with Crippen LogP contribution in [0.2, 0.25) is 0 Å². The zero-order valence-corrected chi connectivity index (χ0v) is 20.0. The predicted molar refractivity (Wildman–Crippen MR) is 139 cm³/mol. The molecule has 0 radical (unpaired) electrons. The van der Waals surface area contributed by atoms with Crippen LogP contribution in [0.15, 0.2) is 78.9 Å². The Balaban J connectivity index is 1.29. The van der Waals surface area contributed by atoms with Gasteiger partial charge in [-0.05, 0) is 55.2 Å². The van der Waals surface area contributed by atoms with Crippen LogP contribution >= 0.6 is 0 Å². The van der Waals surface area contributed by atoms with E-state index in [9.17, 15) is 9.59 Å². The number of urea groups is 1. The number of para-hydroxylation sites is 3. The van der Waals surface area contributed by atoms with Gasteiger partial charge in [-0.2, -0.15) is 0 Å². The summed E-state index contributed by atoms with van der Waals surface area (Å²) in [7, 11) is 1.65. The van der Waals surface area contributed by atoms with E-state index < -0.39 is 0 Å². The smallest absolute Gasteiger partial charge is 0.319 e. The topological polar surface area (TPSA) is 82.7 Å². The molecule has 0 unspecified atom stereocenters. The second kappa shape index (κ2) is 11.9.